The fourth-order valence-corrected chi connectivity index (χ4v) is 4.25. The molecule has 1 aromatic heterocycles. The van der Waals surface area contributed by atoms with Gasteiger partial charge in [-0.1, -0.05) is 35.1 Å². The van der Waals surface area contributed by atoms with E-state index < -0.39 is 0 Å². The van der Waals surface area contributed by atoms with Crippen molar-refractivity contribution >= 4 is 29.9 Å². The minimum absolute atomic E-state index is 0.874. The van der Waals surface area contributed by atoms with Crippen molar-refractivity contribution in [2.45, 2.75) is 9.92 Å². The summed E-state index contributed by atoms with van der Waals surface area (Å²) in [7, 11) is 2.17. The summed E-state index contributed by atoms with van der Waals surface area (Å²) in [5.41, 5.74) is 3.37. The number of hydrogen-bond donors (Lipinski definition) is 1. The highest BCUT2D eigenvalue weighted by molar-refractivity contribution is 7.99. The first-order valence-electron chi connectivity index (χ1n) is 8.07. The Labute approximate surface area is 145 Å². The van der Waals surface area contributed by atoms with Crippen molar-refractivity contribution in [1.29, 1.82) is 0 Å². The maximum Gasteiger partial charge on any atom is 0.0902 e. The first-order chi connectivity index (χ1) is 11.8. The molecule has 0 atom stereocenters. The van der Waals surface area contributed by atoms with Crippen LogP contribution in [0, 0.1) is 0 Å². The Balaban J connectivity index is 1.83. The molecule has 2 aliphatic rings. The number of rotatable bonds is 2. The maximum absolute atomic E-state index is 8.94. The molecule has 1 aromatic carbocycles. The van der Waals surface area contributed by atoms with Gasteiger partial charge >= 0.3 is 0 Å². The molecule has 1 N–H and O–H groups in total. The van der Waals surface area contributed by atoms with E-state index in [0.717, 1.165) is 36.9 Å². The Hall–Kier alpha value is -2.18. The molecule has 2 aliphatic heterocycles. The third kappa shape index (κ3) is 2.72. The van der Waals surface area contributed by atoms with Gasteiger partial charge in [0.25, 0.3) is 0 Å². The van der Waals surface area contributed by atoms with Gasteiger partial charge in [-0.15, -0.1) is 0 Å². The lowest BCUT2D eigenvalue weighted by Crippen LogP contribution is -2.43. The largest absolute Gasteiger partial charge is 0.411 e. The predicted molar refractivity (Wildman–Crippen MR) is 97.6 cm³/mol. The van der Waals surface area contributed by atoms with Crippen molar-refractivity contribution in [1.82, 2.24) is 14.4 Å². The van der Waals surface area contributed by atoms with E-state index >= 15 is 0 Å². The van der Waals surface area contributed by atoms with Crippen LogP contribution in [0.15, 0.2) is 51.5 Å². The van der Waals surface area contributed by atoms with E-state index in [1.54, 1.807) is 11.8 Å². The molecule has 0 bridgehead atoms. The molecule has 0 radical (unpaired) electrons. The second-order valence-corrected chi connectivity index (χ2v) is 7.18. The van der Waals surface area contributed by atoms with Crippen LogP contribution < -0.4 is 0 Å². The summed E-state index contributed by atoms with van der Waals surface area (Å²) in [5.74, 6) is 0. The van der Waals surface area contributed by atoms with Crippen LogP contribution in [0.2, 0.25) is 0 Å². The number of benzene rings is 1. The normalized spacial score (nSPS) is 18.2. The average molecular weight is 340 g/mol. The van der Waals surface area contributed by atoms with E-state index in [9.17, 15) is 0 Å². The van der Waals surface area contributed by atoms with Crippen molar-refractivity contribution < 1.29 is 5.21 Å². The summed E-state index contributed by atoms with van der Waals surface area (Å²) in [6, 6.07) is 12.6. The molecule has 0 spiro atoms. The van der Waals surface area contributed by atoms with Crippen molar-refractivity contribution in [2.24, 2.45) is 5.16 Å². The summed E-state index contributed by atoms with van der Waals surface area (Å²) in [6.07, 6.45) is 3.66. The molecular weight excluding hydrogens is 320 g/mol. The molecule has 24 heavy (non-hydrogen) atoms. The summed E-state index contributed by atoms with van der Waals surface area (Å²) in [6.45, 7) is 4.16. The number of aromatic nitrogens is 1. The highest BCUT2D eigenvalue weighted by Gasteiger charge is 2.23. The fourth-order valence-electron chi connectivity index (χ4n) is 3.20. The molecule has 1 saturated heterocycles. The summed E-state index contributed by atoms with van der Waals surface area (Å²) in [5, 5.41) is 13.3. The number of likely N-dealkylation sites (N-methyl/N-ethyl adjacent to an activating group) is 1. The Morgan fingerprint density at radius 2 is 1.88 bits per heavy atom. The van der Waals surface area contributed by atoms with Gasteiger partial charge in [0.15, 0.2) is 0 Å². The molecule has 1 fully saturated rings. The summed E-state index contributed by atoms with van der Waals surface area (Å²) in [4.78, 5) is 6.07. The van der Waals surface area contributed by atoms with Gasteiger partial charge in [0.2, 0.25) is 0 Å². The quantitative estimate of drug-likeness (QED) is 0.519. The molecule has 6 heteroatoms. The Morgan fingerprint density at radius 1 is 1.08 bits per heavy atom. The van der Waals surface area contributed by atoms with Crippen LogP contribution in [0.1, 0.15) is 11.3 Å². The lowest BCUT2D eigenvalue weighted by atomic mass is 10.1. The highest BCUT2D eigenvalue weighted by atomic mass is 32.2. The zero-order valence-corrected chi connectivity index (χ0v) is 14.4. The molecule has 4 rings (SSSR count). The van der Waals surface area contributed by atoms with E-state index in [1.165, 1.54) is 22.4 Å². The van der Waals surface area contributed by atoms with Gasteiger partial charge in [0.1, 0.15) is 0 Å². The summed E-state index contributed by atoms with van der Waals surface area (Å²) >= 11 is 1.75. The van der Waals surface area contributed by atoms with Crippen molar-refractivity contribution in [3.63, 3.8) is 0 Å². The number of hydrogen-bond acceptors (Lipinski definition) is 5. The SMILES string of the molecule is CN1CCN(C2=Cn3c(/C=N\O)ccc3Sc3ccccc32)CC1. The lowest BCUT2D eigenvalue weighted by molar-refractivity contribution is 0.207. The smallest absolute Gasteiger partial charge is 0.0902 e. The Morgan fingerprint density at radius 3 is 2.67 bits per heavy atom. The first-order valence-corrected chi connectivity index (χ1v) is 8.89. The van der Waals surface area contributed by atoms with Gasteiger partial charge in [-0.3, -0.25) is 0 Å². The topological polar surface area (TPSA) is 44.0 Å². The minimum Gasteiger partial charge on any atom is -0.411 e. The zero-order chi connectivity index (χ0) is 16.5. The van der Waals surface area contributed by atoms with Gasteiger partial charge in [-0.2, -0.15) is 0 Å². The van der Waals surface area contributed by atoms with Crippen molar-refractivity contribution in [2.75, 3.05) is 33.2 Å². The second-order valence-electron chi connectivity index (χ2n) is 6.11. The van der Waals surface area contributed by atoms with E-state index in [1.807, 2.05) is 6.07 Å². The van der Waals surface area contributed by atoms with Crippen LogP contribution in [0.25, 0.3) is 11.9 Å². The lowest BCUT2D eigenvalue weighted by Gasteiger charge is -2.35. The van der Waals surface area contributed by atoms with E-state index in [0.29, 0.717) is 0 Å². The standard InChI is InChI=1S/C18H20N4OS/c1-20-8-10-21(11-9-20)16-13-22-14(12-19-23)6-7-18(22)24-17-5-3-2-4-15(16)17/h2-7,12-13,23H,8-11H2,1H3/b19-12-. The number of nitrogens with zero attached hydrogens (tertiary/aromatic N) is 4. The third-order valence-electron chi connectivity index (χ3n) is 4.58. The van der Waals surface area contributed by atoms with Gasteiger partial charge in [-0.05, 0) is 25.2 Å². The third-order valence-corrected chi connectivity index (χ3v) is 5.69. The van der Waals surface area contributed by atoms with Crippen molar-refractivity contribution in [3.05, 3.63) is 47.7 Å². The first kappa shape index (κ1) is 15.4. The van der Waals surface area contributed by atoms with Crippen LogP contribution in [-0.4, -0.2) is 59.0 Å². The minimum atomic E-state index is 0.874. The molecule has 0 aliphatic carbocycles. The van der Waals surface area contributed by atoms with Gasteiger partial charge < -0.3 is 19.6 Å². The van der Waals surface area contributed by atoms with Crippen LogP contribution >= 0.6 is 11.8 Å². The van der Waals surface area contributed by atoms with Gasteiger partial charge in [0, 0.05) is 42.8 Å². The molecular formula is C18H20N4OS. The van der Waals surface area contributed by atoms with Crippen LogP contribution in [0.4, 0.5) is 0 Å². The maximum atomic E-state index is 8.94. The monoisotopic (exact) mass is 340 g/mol. The van der Waals surface area contributed by atoms with E-state index in [2.05, 4.69) is 63.1 Å². The van der Waals surface area contributed by atoms with Crippen LogP contribution in [0.5, 0.6) is 0 Å². The van der Waals surface area contributed by atoms with Crippen LogP contribution in [-0.2, 0) is 0 Å². The number of fused-ring (bicyclic) bond motifs is 2. The molecule has 2 aromatic rings. The van der Waals surface area contributed by atoms with Gasteiger partial charge in [0.05, 0.1) is 22.6 Å². The average Bonchev–Trinajstić information content (AvgIpc) is 2.88. The zero-order valence-electron chi connectivity index (χ0n) is 13.6. The molecule has 5 nitrogen and oxygen atoms in total. The fraction of sp³-hybridized carbons (Fsp3) is 0.278. The second kappa shape index (κ2) is 6.37. The number of piperazine rings is 1. The molecule has 0 amide bonds. The van der Waals surface area contributed by atoms with Crippen molar-refractivity contribution in [3.8, 4) is 0 Å². The predicted octanol–water partition coefficient (Wildman–Crippen LogP) is 2.96. The summed E-state index contributed by atoms with van der Waals surface area (Å²) < 4.78 is 2.11. The Kier molecular flexibility index (Phi) is 4.08. The molecule has 0 unspecified atom stereocenters. The Bertz CT molecular complexity index is 803. The molecule has 0 saturated carbocycles. The van der Waals surface area contributed by atoms with Crippen LogP contribution in [0.3, 0.4) is 0 Å². The highest BCUT2D eigenvalue weighted by Crippen LogP contribution is 2.39. The molecule has 124 valence electrons. The molecule has 3 heterocycles. The van der Waals surface area contributed by atoms with E-state index in [4.69, 9.17) is 5.21 Å². The van der Waals surface area contributed by atoms with Gasteiger partial charge in [-0.25, -0.2) is 0 Å². The van der Waals surface area contributed by atoms with E-state index in [-0.39, 0.29) is 0 Å². The number of oxime groups is 1.